The first-order valence-corrected chi connectivity index (χ1v) is 11.1. The first-order valence-electron chi connectivity index (χ1n) is 10.3. The number of ether oxygens (including phenoxy) is 2. The Kier molecular flexibility index (Phi) is 6.96. The van der Waals surface area contributed by atoms with Crippen LogP contribution in [0.4, 0.5) is 5.82 Å². The van der Waals surface area contributed by atoms with Crippen LogP contribution in [-0.4, -0.2) is 30.3 Å². The highest BCUT2D eigenvalue weighted by atomic mass is 35.5. The summed E-state index contributed by atoms with van der Waals surface area (Å²) >= 11 is 12.3. The Bertz CT molecular complexity index is 1320. The molecule has 8 heteroatoms. The fourth-order valence-corrected chi connectivity index (χ4v) is 3.96. The minimum absolute atomic E-state index is 0.277. The second kappa shape index (κ2) is 10.1. The van der Waals surface area contributed by atoms with Gasteiger partial charge in [0.25, 0.3) is 0 Å². The summed E-state index contributed by atoms with van der Waals surface area (Å²) in [5.74, 6) is 1.99. The number of hydrogen-bond donors (Lipinski definition) is 2. The van der Waals surface area contributed by atoms with Gasteiger partial charge in [-0.3, -0.25) is 9.55 Å². The summed E-state index contributed by atoms with van der Waals surface area (Å²) in [5.41, 5.74) is 3.02. The number of halogens is 2. The number of methoxy groups -OCH3 is 2. The Labute approximate surface area is 201 Å². The number of rotatable bonds is 8. The molecule has 0 atom stereocenters. The van der Waals surface area contributed by atoms with Crippen LogP contribution >= 0.6 is 23.2 Å². The third kappa shape index (κ3) is 4.87. The summed E-state index contributed by atoms with van der Waals surface area (Å²) < 4.78 is 12.3. The van der Waals surface area contributed by atoms with Crippen molar-refractivity contribution in [2.75, 3.05) is 26.1 Å². The average Bonchev–Trinajstić information content (AvgIpc) is 3.17. The van der Waals surface area contributed by atoms with E-state index in [2.05, 4.69) is 10.3 Å². The molecule has 0 saturated heterocycles. The second-order valence-corrected chi connectivity index (χ2v) is 8.13. The van der Waals surface area contributed by atoms with E-state index in [9.17, 15) is 4.79 Å². The Hall–Kier alpha value is -3.35. The van der Waals surface area contributed by atoms with Crippen molar-refractivity contribution in [3.63, 3.8) is 0 Å². The minimum Gasteiger partial charge on any atom is -0.493 e. The standard InChI is InChI=1S/C25H23Cl2N3O3/c1-32-21-11-8-16(14-22(21)33-2)12-13-28-24-23(17-6-4-3-5-7-17)30(25(31)29-24)18-9-10-19(26)20(27)15-18/h3-11,14-15,28H,12-13H2,1-2H3,(H,29,31). The van der Waals surface area contributed by atoms with Gasteiger partial charge in [0.15, 0.2) is 11.5 Å². The molecule has 33 heavy (non-hydrogen) atoms. The van der Waals surface area contributed by atoms with Crippen molar-refractivity contribution in [3.05, 3.63) is 92.8 Å². The number of imidazole rings is 1. The highest BCUT2D eigenvalue weighted by Crippen LogP contribution is 2.31. The number of hydrogen-bond acceptors (Lipinski definition) is 4. The van der Waals surface area contributed by atoms with E-state index >= 15 is 0 Å². The van der Waals surface area contributed by atoms with Crippen LogP contribution in [0, 0.1) is 0 Å². The molecule has 0 unspecified atom stereocenters. The van der Waals surface area contributed by atoms with E-state index in [1.54, 1.807) is 37.0 Å². The van der Waals surface area contributed by atoms with E-state index < -0.39 is 0 Å². The quantitative estimate of drug-likeness (QED) is 0.331. The summed E-state index contributed by atoms with van der Waals surface area (Å²) in [7, 11) is 3.22. The van der Waals surface area contributed by atoms with Gasteiger partial charge in [-0.2, -0.15) is 0 Å². The number of aromatic amines is 1. The van der Waals surface area contributed by atoms with Crippen LogP contribution in [0.15, 0.2) is 71.5 Å². The number of nitrogens with zero attached hydrogens (tertiary/aromatic N) is 1. The maximum Gasteiger partial charge on any atom is 0.332 e. The monoisotopic (exact) mass is 483 g/mol. The molecule has 1 heterocycles. The number of anilines is 1. The summed E-state index contributed by atoms with van der Waals surface area (Å²) in [6, 6.07) is 20.6. The largest absolute Gasteiger partial charge is 0.493 e. The van der Waals surface area contributed by atoms with Crippen LogP contribution in [-0.2, 0) is 6.42 Å². The van der Waals surface area contributed by atoms with Crippen LogP contribution in [0.2, 0.25) is 10.0 Å². The molecule has 170 valence electrons. The van der Waals surface area contributed by atoms with Crippen LogP contribution in [0.25, 0.3) is 16.9 Å². The molecule has 0 bridgehead atoms. The van der Waals surface area contributed by atoms with Gasteiger partial charge in [-0.05, 0) is 42.3 Å². The highest BCUT2D eigenvalue weighted by Gasteiger charge is 2.18. The molecule has 0 spiro atoms. The van der Waals surface area contributed by atoms with Crippen molar-refractivity contribution in [2.24, 2.45) is 0 Å². The summed E-state index contributed by atoms with van der Waals surface area (Å²) in [5, 5.41) is 4.18. The lowest BCUT2D eigenvalue weighted by molar-refractivity contribution is 0.354. The molecular formula is C25H23Cl2N3O3. The molecule has 0 fully saturated rings. The van der Waals surface area contributed by atoms with E-state index in [-0.39, 0.29) is 5.69 Å². The molecule has 3 aromatic carbocycles. The zero-order valence-electron chi connectivity index (χ0n) is 18.2. The number of H-pyrrole nitrogens is 1. The van der Waals surface area contributed by atoms with Crippen LogP contribution < -0.4 is 20.5 Å². The van der Waals surface area contributed by atoms with E-state index in [1.165, 1.54) is 0 Å². The summed E-state index contributed by atoms with van der Waals surface area (Å²) in [6.45, 7) is 0.594. The van der Waals surface area contributed by atoms with E-state index in [0.717, 1.165) is 11.1 Å². The Morgan fingerprint density at radius 3 is 2.36 bits per heavy atom. The molecule has 4 rings (SSSR count). The molecule has 0 aliphatic heterocycles. The Balaban J connectivity index is 1.66. The highest BCUT2D eigenvalue weighted by molar-refractivity contribution is 6.42. The second-order valence-electron chi connectivity index (χ2n) is 7.32. The van der Waals surface area contributed by atoms with Gasteiger partial charge >= 0.3 is 5.69 Å². The lowest BCUT2D eigenvalue weighted by Crippen LogP contribution is -2.15. The average molecular weight is 484 g/mol. The van der Waals surface area contributed by atoms with E-state index in [4.69, 9.17) is 32.7 Å². The van der Waals surface area contributed by atoms with Gasteiger partial charge in [-0.15, -0.1) is 0 Å². The van der Waals surface area contributed by atoms with E-state index in [0.29, 0.717) is 51.7 Å². The molecule has 4 aromatic rings. The smallest absolute Gasteiger partial charge is 0.332 e. The molecular weight excluding hydrogens is 461 g/mol. The lowest BCUT2D eigenvalue weighted by atomic mass is 10.1. The summed E-state index contributed by atoms with van der Waals surface area (Å²) in [4.78, 5) is 15.9. The molecule has 2 N–H and O–H groups in total. The van der Waals surface area contributed by atoms with Crippen molar-refractivity contribution in [3.8, 4) is 28.4 Å². The fourth-order valence-electron chi connectivity index (χ4n) is 3.67. The first-order chi connectivity index (χ1) is 16.0. The predicted molar refractivity (Wildman–Crippen MR) is 134 cm³/mol. The van der Waals surface area contributed by atoms with Gasteiger partial charge in [0.2, 0.25) is 0 Å². The third-order valence-electron chi connectivity index (χ3n) is 5.27. The van der Waals surface area contributed by atoms with Gasteiger partial charge in [0.05, 0.1) is 35.6 Å². The summed E-state index contributed by atoms with van der Waals surface area (Å²) in [6.07, 6.45) is 0.717. The first kappa shape index (κ1) is 22.8. The Morgan fingerprint density at radius 2 is 1.67 bits per heavy atom. The number of benzene rings is 3. The fraction of sp³-hybridized carbons (Fsp3) is 0.160. The van der Waals surface area contributed by atoms with Crippen LogP contribution in [0.5, 0.6) is 11.5 Å². The van der Waals surface area contributed by atoms with Gasteiger partial charge in [-0.1, -0.05) is 59.6 Å². The van der Waals surface area contributed by atoms with Crippen molar-refractivity contribution < 1.29 is 9.47 Å². The molecule has 0 radical (unpaired) electrons. The predicted octanol–water partition coefficient (Wildman–Crippen LogP) is 5.81. The lowest BCUT2D eigenvalue weighted by Gasteiger charge is -2.13. The number of nitrogens with one attached hydrogen (secondary N) is 2. The van der Waals surface area contributed by atoms with Crippen molar-refractivity contribution in [2.45, 2.75) is 6.42 Å². The minimum atomic E-state index is -0.277. The third-order valence-corrected chi connectivity index (χ3v) is 6.01. The zero-order chi connectivity index (χ0) is 23.4. The van der Waals surface area contributed by atoms with E-state index in [1.807, 2.05) is 48.5 Å². The normalized spacial score (nSPS) is 10.8. The molecule has 0 amide bonds. The molecule has 0 saturated carbocycles. The van der Waals surface area contributed by atoms with Crippen molar-refractivity contribution >= 4 is 29.0 Å². The maximum absolute atomic E-state index is 13.0. The van der Waals surface area contributed by atoms with Crippen molar-refractivity contribution in [1.82, 2.24) is 9.55 Å². The SMILES string of the molecule is COc1ccc(CCNc2[nH]c(=O)n(-c3ccc(Cl)c(Cl)c3)c2-c2ccccc2)cc1OC. The van der Waals surface area contributed by atoms with Gasteiger partial charge in [0, 0.05) is 12.1 Å². The Morgan fingerprint density at radius 1 is 0.909 bits per heavy atom. The molecule has 6 nitrogen and oxygen atoms in total. The molecule has 0 aliphatic carbocycles. The van der Waals surface area contributed by atoms with Crippen LogP contribution in [0.3, 0.4) is 0 Å². The van der Waals surface area contributed by atoms with Crippen LogP contribution in [0.1, 0.15) is 5.56 Å². The maximum atomic E-state index is 13.0. The number of aromatic nitrogens is 2. The topological polar surface area (TPSA) is 68.3 Å². The molecule has 1 aromatic heterocycles. The van der Waals surface area contributed by atoms with Gasteiger partial charge < -0.3 is 14.8 Å². The van der Waals surface area contributed by atoms with Crippen molar-refractivity contribution in [1.29, 1.82) is 0 Å². The zero-order valence-corrected chi connectivity index (χ0v) is 19.7. The molecule has 0 aliphatic rings. The van der Waals surface area contributed by atoms with Gasteiger partial charge in [0.1, 0.15) is 5.82 Å². The van der Waals surface area contributed by atoms with Gasteiger partial charge in [-0.25, -0.2) is 4.79 Å².